The molecule has 1 heterocycles. The highest BCUT2D eigenvalue weighted by molar-refractivity contribution is 5.86. The zero-order valence-electron chi connectivity index (χ0n) is 21.1. The third-order valence-corrected chi connectivity index (χ3v) is 6.49. The fourth-order valence-corrected chi connectivity index (χ4v) is 4.33. The first-order chi connectivity index (χ1) is 15.4. The first-order valence-electron chi connectivity index (χ1n) is 11.9. The monoisotopic (exact) mass is 466 g/mol. The van der Waals surface area contributed by atoms with Crippen LogP contribution in [-0.2, 0) is 23.9 Å². The molecule has 1 rings (SSSR count). The molecule has 0 fully saturated rings. The highest BCUT2D eigenvalue weighted by Crippen LogP contribution is 2.27. The van der Waals surface area contributed by atoms with Crippen LogP contribution >= 0.6 is 0 Å². The van der Waals surface area contributed by atoms with E-state index in [0.29, 0.717) is 5.57 Å². The van der Waals surface area contributed by atoms with Gasteiger partial charge in [-0.2, -0.15) is 0 Å². The molecule has 0 bridgehead atoms. The number of ketones is 2. The van der Waals surface area contributed by atoms with E-state index in [4.69, 9.17) is 9.47 Å². The van der Waals surface area contributed by atoms with E-state index in [0.717, 1.165) is 19.3 Å². The second-order valence-corrected chi connectivity index (χ2v) is 9.63. The summed E-state index contributed by atoms with van der Waals surface area (Å²) >= 11 is 0. The van der Waals surface area contributed by atoms with E-state index < -0.39 is 42.2 Å². The molecule has 188 valence electrons. The quantitative estimate of drug-likeness (QED) is 0.417. The molecule has 0 radical (unpaired) electrons. The Labute approximate surface area is 198 Å². The molecule has 1 aliphatic heterocycles. The molecule has 7 heteroatoms. The van der Waals surface area contributed by atoms with Crippen molar-refractivity contribution in [2.24, 2.45) is 23.7 Å². The van der Waals surface area contributed by atoms with Crippen LogP contribution in [0.25, 0.3) is 0 Å². The molecule has 1 aliphatic rings. The molecular formula is C26H42O7. The zero-order chi connectivity index (χ0) is 25.3. The molecule has 7 nitrogen and oxygen atoms in total. The predicted octanol–water partition coefficient (Wildman–Crippen LogP) is 3.41. The number of ether oxygens (including phenoxy) is 2. The maximum absolute atomic E-state index is 13.0. The van der Waals surface area contributed by atoms with Crippen LogP contribution in [0.5, 0.6) is 0 Å². The lowest BCUT2D eigenvalue weighted by Crippen LogP contribution is -2.39. The molecule has 0 aliphatic carbocycles. The smallest absolute Gasteiger partial charge is 0.338 e. The van der Waals surface area contributed by atoms with Crippen molar-refractivity contribution in [3.05, 3.63) is 23.8 Å². The Morgan fingerprint density at radius 1 is 1.18 bits per heavy atom. The minimum Gasteiger partial charge on any atom is -0.456 e. The SMILES string of the molecule is COC(CC(C)=O)C(C)C(=O)C(C)C=C(C)C1OC(=O)C(O)C(O)C=CC(C)CCCC1C. The maximum Gasteiger partial charge on any atom is 0.338 e. The lowest BCUT2D eigenvalue weighted by molar-refractivity contribution is -0.164. The number of carbonyl (C=O) groups excluding carboxylic acids is 3. The van der Waals surface area contributed by atoms with E-state index in [1.54, 1.807) is 19.9 Å². The Hall–Kier alpha value is -1.83. The van der Waals surface area contributed by atoms with Gasteiger partial charge in [0, 0.05) is 25.4 Å². The van der Waals surface area contributed by atoms with Gasteiger partial charge in [0.2, 0.25) is 0 Å². The van der Waals surface area contributed by atoms with Crippen LogP contribution in [0.15, 0.2) is 23.8 Å². The van der Waals surface area contributed by atoms with Crippen molar-refractivity contribution >= 4 is 17.5 Å². The molecule has 8 unspecified atom stereocenters. The number of aliphatic hydroxyl groups excluding tert-OH is 2. The molecule has 2 N–H and O–H groups in total. The van der Waals surface area contributed by atoms with Crippen molar-refractivity contribution < 1.29 is 34.1 Å². The molecule has 0 amide bonds. The van der Waals surface area contributed by atoms with Gasteiger partial charge >= 0.3 is 5.97 Å². The molecule has 0 saturated heterocycles. The topological polar surface area (TPSA) is 110 Å². The molecular weight excluding hydrogens is 424 g/mol. The van der Waals surface area contributed by atoms with E-state index in [9.17, 15) is 24.6 Å². The van der Waals surface area contributed by atoms with E-state index in [-0.39, 0.29) is 29.8 Å². The van der Waals surface area contributed by atoms with Gasteiger partial charge in [-0.1, -0.05) is 52.3 Å². The van der Waals surface area contributed by atoms with E-state index in [1.807, 2.05) is 26.8 Å². The Morgan fingerprint density at radius 3 is 2.39 bits per heavy atom. The van der Waals surface area contributed by atoms with Crippen molar-refractivity contribution in [2.75, 3.05) is 7.11 Å². The predicted molar refractivity (Wildman–Crippen MR) is 126 cm³/mol. The molecule has 8 atom stereocenters. The van der Waals surface area contributed by atoms with E-state index >= 15 is 0 Å². The van der Waals surface area contributed by atoms with Crippen molar-refractivity contribution in [1.82, 2.24) is 0 Å². The molecule has 0 spiro atoms. The lowest BCUT2D eigenvalue weighted by Gasteiger charge is -2.28. The lowest BCUT2D eigenvalue weighted by atomic mass is 9.85. The molecule has 33 heavy (non-hydrogen) atoms. The van der Waals surface area contributed by atoms with Crippen LogP contribution in [0.3, 0.4) is 0 Å². The summed E-state index contributed by atoms with van der Waals surface area (Å²) in [6, 6.07) is 0. The number of esters is 1. The molecule has 0 saturated carbocycles. The van der Waals surface area contributed by atoms with Gasteiger partial charge in [0.15, 0.2) is 6.10 Å². The number of Topliss-reactive ketones (excluding diaryl/α,β-unsaturated/α-hetero) is 2. The number of rotatable bonds is 8. The summed E-state index contributed by atoms with van der Waals surface area (Å²) in [5.41, 5.74) is 0.715. The number of hydrogen-bond acceptors (Lipinski definition) is 7. The van der Waals surface area contributed by atoms with Gasteiger partial charge < -0.3 is 19.7 Å². The number of carbonyl (C=O) groups is 3. The minimum atomic E-state index is -1.68. The summed E-state index contributed by atoms with van der Waals surface area (Å²) in [6.07, 6.45) is 3.70. The Balaban J connectivity index is 3.09. The third kappa shape index (κ3) is 9.14. The first-order valence-corrected chi connectivity index (χ1v) is 11.9. The fraction of sp³-hybridized carbons (Fsp3) is 0.731. The van der Waals surface area contributed by atoms with Crippen LogP contribution in [0.1, 0.15) is 67.2 Å². The summed E-state index contributed by atoms with van der Waals surface area (Å²) in [7, 11) is 1.49. The molecule has 0 aromatic heterocycles. The number of methoxy groups -OCH3 is 1. The van der Waals surface area contributed by atoms with Gasteiger partial charge in [0.1, 0.15) is 23.8 Å². The van der Waals surface area contributed by atoms with Crippen molar-refractivity contribution in [1.29, 1.82) is 0 Å². The normalized spacial score (nSPS) is 30.4. The summed E-state index contributed by atoms with van der Waals surface area (Å²) in [6.45, 7) is 10.8. The maximum atomic E-state index is 13.0. The Bertz CT molecular complexity index is 726. The third-order valence-electron chi connectivity index (χ3n) is 6.49. The zero-order valence-corrected chi connectivity index (χ0v) is 21.1. The fourth-order valence-electron chi connectivity index (χ4n) is 4.33. The van der Waals surface area contributed by atoms with E-state index in [1.165, 1.54) is 20.1 Å². The summed E-state index contributed by atoms with van der Waals surface area (Å²) in [5.74, 6) is -1.77. The summed E-state index contributed by atoms with van der Waals surface area (Å²) < 4.78 is 11.0. The average molecular weight is 467 g/mol. The highest BCUT2D eigenvalue weighted by Gasteiger charge is 2.32. The van der Waals surface area contributed by atoms with Gasteiger partial charge in [-0.25, -0.2) is 4.79 Å². The van der Waals surface area contributed by atoms with Crippen LogP contribution in [-0.4, -0.2) is 59.3 Å². The standard InChI is InChI=1S/C26H42O7/c1-15-9-8-10-16(2)25(33-26(31)24(30)21(28)12-11-15)18(4)13-17(3)23(29)20(6)22(32-7)14-19(5)27/h11-13,15-17,20-22,24-25,28,30H,8-10,14H2,1-7H3. The molecule has 0 aromatic rings. The van der Waals surface area contributed by atoms with Crippen LogP contribution in [0, 0.1) is 23.7 Å². The second kappa shape index (κ2) is 13.8. The van der Waals surface area contributed by atoms with Crippen LogP contribution in [0.4, 0.5) is 0 Å². The molecule has 0 aromatic carbocycles. The van der Waals surface area contributed by atoms with E-state index in [2.05, 4.69) is 0 Å². The van der Waals surface area contributed by atoms with Crippen LogP contribution < -0.4 is 0 Å². The number of allylic oxidation sites excluding steroid dienone is 2. The van der Waals surface area contributed by atoms with Gasteiger partial charge in [0.05, 0.1) is 6.10 Å². The number of hydrogen-bond donors (Lipinski definition) is 2. The summed E-state index contributed by atoms with van der Waals surface area (Å²) in [4.78, 5) is 37.0. The Kier molecular flexibility index (Phi) is 12.2. The minimum absolute atomic E-state index is 0.0330. The highest BCUT2D eigenvalue weighted by atomic mass is 16.6. The first kappa shape index (κ1) is 29.2. The van der Waals surface area contributed by atoms with Gasteiger partial charge in [-0.05, 0) is 44.1 Å². The summed E-state index contributed by atoms with van der Waals surface area (Å²) in [5, 5.41) is 20.3. The van der Waals surface area contributed by atoms with Crippen molar-refractivity contribution in [2.45, 2.75) is 91.6 Å². The Morgan fingerprint density at radius 2 is 1.82 bits per heavy atom. The van der Waals surface area contributed by atoms with Crippen LogP contribution in [0.2, 0.25) is 0 Å². The number of aliphatic hydroxyl groups is 2. The van der Waals surface area contributed by atoms with Crippen molar-refractivity contribution in [3.8, 4) is 0 Å². The number of cyclic esters (lactones) is 1. The van der Waals surface area contributed by atoms with Gasteiger partial charge in [-0.3, -0.25) is 9.59 Å². The second-order valence-electron chi connectivity index (χ2n) is 9.63. The van der Waals surface area contributed by atoms with Crippen molar-refractivity contribution in [3.63, 3.8) is 0 Å². The average Bonchev–Trinajstić information content (AvgIpc) is 2.76. The largest absolute Gasteiger partial charge is 0.456 e. The van der Waals surface area contributed by atoms with Gasteiger partial charge in [-0.15, -0.1) is 0 Å². The van der Waals surface area contributed by atoms with Gasteiger partial charge in [0.25, 0.3) is 0 Å².